The van der Waals surface area contributed by atoms with Gasteiger partial charge in [-0.2, -0.15) is 0 Å². The highest BCUT2D eigenvalue weighted by Crippen LogP contribution is 2.37. The molecule has 13 nitrogen and oxygen atoms in total. The summed E-state index contributed by atoms with van der Waals surface area (Å²) in [6.45, 7) is 4.62. The number of carbonyl (C=O) groups excluding carboxylic acids is 5. The Bertz CT molecular complexity index is 1030. The van der Waals surface area contributed by atoms with Crippen LogP contribution < -0.4 is 5.32 Å². The Morgan fingerprint density at radius 3 is 2.02 bits per heavy atom. The number of alkyl carbamates (subject to hydrolysis) is 1. The lowest BCUT2D eigenvalue weighted by atomic mass is 9.88. The standard InChI is InChI=1S/C28H39NO12/c1-18(30)36-17-23-24(38-19(2)31)25(39-20(3)32)26(40-21(4)33)28(35,41-23)14-10-5-6-11-15-29-27(34)37-16-22-12-8-7-9-13-22/h7-9,12-13,23-26,35H,5-6,10-11,14-17H2,1-4H3,(H,29,34)/t23-,24-,25+,26+,28+/m1/s1. The van der Waals surface area contributed by atoms with Crippen molar-refractivity contribution < 1.29 is 57.5 Å². The van der Waals surface area contributed by atoms with Crippen LogP contribution in [-0.4, -0.2) is 78.4 Å². The Morgan fingerprint density at radius 2 is 1.41 bits per heavy atom. The molecule has 0 radical (unpaired) electrons. The second-order valence-corrected chi connectivity index (χ2v) is 9.63. The molecule has 41 heavy (non-hydrogen) atoms. The van der Waals surface area contributed by atoms with Crippen molar-refractivity contribution in [2.45, 2.75) is 96.6 Å². The normalized spacial score (nSPS) is 23.5. The van der Waals surface area contributed by atoms with Crippen molar-refractivity contribution in [1.82, 2.24) is 5.32 Å². The molecule has 13 heteroatoms. The van der Waals surface area contributed by atoms with Gasteiger partial charge in [0.15, 0.2) is 18.3 Å². The third kappa shape index (κ3) is 11.7. The molecule has 5 atom stereocenters. The van der Waals surface area contributed by atoms with Crippen LogP contribution in [0.1, 0.15) is 65.4 Å². The summed E-state index contributed by atoms with van der Waals surface area (Å²) in [7, 11) is 0. The molecule has 0 spiro atoms. The molecule has 0 aromatic heterocycles. The SMILES string of the molecule is CC(=O)OC[C@H]1O[C@@](O)(CCCCCCNC(=O)OCc2ccccc2)[C@@H](OC(C)=O)[C@@H](OC(C)=O)[C@@H]1OC(C)=O. The van der Waals surface area contributed by atoms with E-state index in [0.717, 1.165) is 26.3 Å². The fourth-order valence-corrected chi connectivity index (χ4v) is 4.38. The molecule has 1 saturated heterocycles. The highest BCUT2D eigenvalue weighted by Gasteiger charge is 2.59. The molecule has 1 fully saturated rings. The number of hydrogen-bond donors (Lipinski definition) is 2. The Morgan fingerprint density at radius 1 is 0.805 bits per heavy atom. The molecule has 0 unspecified atom stereocenters. The molecule has 1 aromatic carbocycles. The minimum Gasteiger partial charge on any atom is -0.463 e. The predicted molar refractivity (Wildman–Crippen MR) is 141 cm³/mol. The average molecular weight is 582 g/mol. The van der Waals surface area contributed by atoms with Gasteiger partial charge in [0.05, 0.1) is 0 Å². The van der Waals surface area contributed by atoms with E-state index in [1.54, 1.807) is 0 Å². The van der Waals surface area contributed by atoms with E-state index < -0.39 is 66.8 Å². The lowest BCUT2D eigenvalue weighted by Crippen LogP contribution is -2.68. The van der Waals surface area contributed by atoms with Crippen LogP contribution in [0.4, 0.5) is 4.79 Å². The first-order valence-electron chi connectivity index (χ1n) is 13.4. The van der Waals surface area contributed by atoms with Gasteiger partial charge in [0.25, 0.3) is 0 Å². The second-order valence-electron chi connectivity index (χ2n) is 9.63. The number of aliphatic hydroxyl groups is 1. The third-order valence-corrected chi connectivity index (χ3v) is 6.08. The molecule has 1 aromatic rings. The molecule has 2 N–H and O–H groups in total. The van der Waals surface area contributed by atoms with Crippen LogP contribution in [0.25, 0.3) is 0 Å². The Kier molecular flexibility index (Phi) is 13.5. The van der Waals surface area contributed by atoms with Crippen LogP contribution in [0.15, 0.2) is 30.3 Å². The summed E-state index contributed by atoms with van der Waals surface area (Å²) in [5.74, 6) is -5.14. The number of unbranched alkanes of at least 4 members (excludes halogenated alkanes) is 3. The topological polar surface area (TPSA) is 173 Å². The van der Waals surface area contributed by atoms with Gasteiger partial charge in [0, 0.05) is 40.7 Å². The van der Waals surface area contributed by atoms with E-state index in [2.05, 4.69) is 5.32 Å². The maximum atomic E-state index is 11.9. The second kappa shape index (κ2) is 16.5. The molecule has 2 rings (SSSR count). The van der Waals surface area contributed by atoms with Crippen LogP contribution in [0.3, 0.4) is 0 Å². The minimum atomic E-state index is -2.16. The van der Waals surface area contributed by atoms with E-state index in [-0.39, 0.29) is 13.0 Å². The molecule has 1 amide bonds. The number of ether oxygens (including phenoxy) is 6. The summed E-state index contributed by atoms with van der Waals surface area (Å²) in [4.78, 5) is 59.0. The zero-order valence-corrected chi connectivity index (χ0v) is 23.8. The van der Waals surface area contributed by atoms with Crippen molar-refractivity contribution in [3.05, 3.63) is 35.9 Å². The highest BCUT2D eigenvalue weighted by molar-refractivity contribution is 5.69. The monoisotopic (exact) mass is 581 g/mol. The maximum Gasteiger partial charge on any atom is 0.407 e. The number of nitrogens with one attached hydrogen (secondary N) is 1. The van der Waals surface area contributed by atoms with Gasteiger partial charge in [-0.1, -0.05) is 43.2 Å². The van der Waals surface area contributed by atoms with Gasteiger partial charge in [0.1, 0.15) is 19.3 Å². The maximum absolute atomic E-state index is 11.9. The molecule has 228 valence electrons. The van der Waals surface area contributed by atoms with E-state index >= 15 is 0 Å². The van der Waals surface area contributed by atoms with E-state index in [4.69, 9.17) is 28.4 Å². The highest BCUT2D eigenvalue weighted by atomic mass is 16.7. The first-order chi connectivity index (χ1) is 19.4. The zero-order chi connectivity index (χ0) is 30.4. The smallest absolute Gasteiger partial charge is 0.407 e. The van der Waals surface area contributed by atoms with Crippen molar-refractivity contribution >= 4 is 30.0 Å². The summed E-state index contributed by atoms with van der Waals surface area (Å²) >= 11 is 0. The van der Waals surface area contributed by atoms with Crippen molar-refractivity contribution in [3.63, 3.8) is 0 Å². The summed E-state index contributed by atoms with van der Waals surface area (Å²) in [6.07, 6.45) is -3.84. The Balaban J connectivity index is 1.98. The van der Waals surface area contributed by atoms with E-state index in [0.29, 0.717) is 32.2 Å². The van der Waals surface area contributed by atoms with Gasteiger partial charge in [-0.3, -0.25) is 19.2 Å². The molecule has 1 aliphatic heterocycles. The lowest BCUT2D eigenvalue weighted by Gasteiger charge is -2.48. The van der Waals surface area contributed by atoms with Crippen LogP contribution >= 0.6 is 0 Å². The minimum absolute atomic E-state index is 0.0569. The molecule has 0 saturated carbocycles. The molecule has 0 bridgehead atoms. The molecular formula is C28H39NO12. The fourth-order valence-electron chi connectivity index (χ4n) is 4.38. The number of carbonyl (C=O) groups is 5. The Labute approximate surface area is 238 Å². The largest absolute Gasteiger partial charge is 0.463 e. The summed E-state index contributed by atoms with van der Waals surface area (Å²) in [6, 6.07) is 9.29. The molecule has 0 aliphatic carbocycles. The van der Waals surface area contributed by atoms with Crippen LogP contribution in [0.2, 0.25) is 0 Å². The van der Waals surface area contributed by atoms with Crippen molar-refractivity contribution in [2.75, 3.05) is 13.2 Å². The summed E-state index contributed by atoms with van der Waals surface area (Å²) < 4.78 is 32.0. The van der Waals surface area contributed by atoms with Gasteiger partial charge >= 0.3 is 30.0 Å². The predicted octanol–water partition coefficient (Wildman–Crippen LogP) is 2.31. The first-order valence-corrected chi connectivity index (χ1v) is 13.4. The molecule has 1 aliphatic rings. The lowest BCUT2D eigenvalue weighted by molar-refractivity contribution is -0.354. The first kappa shape index (κ1) is 33.5. The van der Waals surface area contributed by atoms with Gasteiger partial charge in [-0.15, -0.1) is 0 Å². The average Bonchev–Trinajstić information content (AvgIpc) is 2.89. The van der Waals surface area contributed by atoms with Crippen molar-refractivity contribution in [3.8, 4) is 0 Å². The Hall–Kier alpha value is -3.71. The molecule has 1 heterocycles. The van der Waals surface area contributed by atoms with Gasteiger partial charge < -0.3 is 38.8 Å². The number of rotatable bonds is 14. The number of benzene rings is 1. The van der Waals surface area contributed by atoms with Crippen LogP contribution in [-0.2, 0) is 54.2 Å². The van der Waals surface area contributed by atoms with E-state index in [9.17, 15) is 29.1 Å². The van der Waals surface area contributed by atoms with E-state index in [1.165, 1.54) is 6.92 Å². The fraction of sp³-hybridized carbons (Fsp3) is 0.607. The molecular weight excluding hydrogens is 542 g/mol. The van der Waals surface area contributed by atoms with E-state index in [1.807, 2.05) is 30.3 Å². The quantitative estimate of drug-likeness (QED) is 0.187. The van der Waals surface area contributed by atoms with Gasteiger partial charge in [-0.05, 0) is 18.4 Å². The number of esters is 4. The van der Waals surface area contributed by atoms with Gasteiger partial charge in [-0.25, -0.2) is 4.79 Å². The number of hydrogen-bond acceptors (Lipinski definition) is 12. The summed E-state index contributed by atoms with van der Waals surface area (Å²) in [5.41, 5.74) is 0.878. The van der Waals surface area contributed by atoms with Crippen LogP contribution in [0, 0.1) is 0 Å². The summed E-state index contributed by atoms with van der Waals surface area (Å²) in [5, 5.41) is 14.2. The zero-order valence-electron chi connectivity index (χ0n) is 23.8. The third-order valence-electron chi connectivity index (χ3n) is 6.08. The van der Waals surface area contributed by atoms with Crippen LogP contribution in [0.5, 0.6) is 0 Å². The van der Waals surface area contributed by atoms with Crippen molar-refractivity contribution in [1.29, 1.82) is 0 Å². The van der Waals surface area contributed by atoms with Gasteiger partial charge in [0.2, 0.25) is 5.79 Å². The van der Waals surface area contributed by atoms with Crippen molar-refractivity contribution in [2.24, 2.45) is 0 Å². The number of amides is 1.